The van der Waals surface area contributed by atoms with Crippen molar-refractivity contribution in [1.29, 1.82) is 0 Å². The maximum Gasteiger partial charge on any atom is 0.307 e. The van der Waals surface area contributed by atoms with Gasteiger partial charge in [-0.3, -0.25) is 4.79 Å². The van der Waals surface area contributed by atoms with Crippen molar-refractivity contribution < 1.29 is 9.53 Å². The summed E-state index contributed by atoms with van der Waals surface area (Å²) in [5.74, 6) is -0.309. The Morgan fingerprint density at radius 3 is 2.44 bits per heavy atom. The van der Waals surface area contributed by atoms with Crippen molar-refractivity contribution in [3.63, 3.8) is 0 Å². The van der Waals surface area contributed by atoms with Gasteiger partial charge in [0, 0.05) is 6.92 Å². The van der Waals surface area contributed by atoms with Gasteiger partial charge in [0.1, 0.15) is 0 Å². The first-order valence-electron chi connectivity index (χ1n) is 2.63. The SMILES string of the molecule is C=C/C(C)=C\OC(C)=O. The number of hydrogen-bond donors (Lipinski definition) is 0. The number of carbonyl (C=O) groups is 1. The van der Waals surface area contributed by atoms with Gasteiger partial charge >= 0.3 is 5.97 Å². The van der Waals surface area contributed by atoms with Crippen LogP contribution in [0.15, 0.2) is 24.5 Å². The van der Waals surface area contributed by atoms with Gasteiger partial charge in [-0.25, -0.2) is 0 Å². The summed E-state index contributed by atoms with van der Waals surface area (Å²) in [7, 11) is 0. The summed E-state index contributed by atoms with van der Waals surface area (Å²) in [6.45, 7) is 6.63. The molecule has 0 aliphatic carbocycles. The maximum absolute atomic E-state index is 10.2. The molecule has 0 saturated carbocycles. The van der Waals surface area contributed by atoms with E-state index < -0.39 is 0 Å². The molecule has 2 heteroatoms. The van der Waals surface area contributed by atoms with Gasteiger partial charge in [0.25, 0.3) is 0 Å². The predicted molar refractivity (Wildman–Crippen MR) is 35.7 cm³/mol. The minimum Gasteiger partial charge on any atom is -0.434 e. The van der Waals surface area contributed by atoms with Gasteiger partial charge < -0.3 is 4.74 Å². The lowest BCUT2D eigenvalue weighted by Crippen LogP contribution is -1.90. The van der Waals surface area contributed by atoms with Crippen molar-refractivity contribution in [2.45, 2.75) is 13.8 Å². The zero-order valence-corrected chi connectivity index (χ0v) is 5.68. The summed E-state index contributed by atoms with van der Waals surface area (Å²) in [6.07, 6.45) is 2.98. The molecule has 50 valence electrons. The molecule has 0 spiro atoms. The van der Waals surface area contributed by atoms with E-state index in [0.29, 0.717) is 0 Å². The molecule has 0 aliphatic rings. The third-order valence-corrected chi connectivity index (χ3v) is 0.733. The lowest BCUT2D eigenvalue weighted by atomic mass is 10.3. The fraction of sp³-hybridized carbons (Fsp3) is 0.286. The van der Waals surface area contributed by atoms with Gasteiger partial charge in [-0.05, 0) is 12.5 Å². The summed E-state index contributed by atoms with van der Waals surface area (Å²) in [6, 6.07) is 0. The second-order valence-electron chi connectivity index (χ2n) is 1.68. The summed E-state index contributed by atoms with van der Waals surface area (Å²) in [5.41, 5.74) is 0.838. The Balaban J connectivity index is 3.69. The molecule has 2 nitrogen and oxygen atoms in total. The number of esters is 1. The van der Waals surface area contributed by atoms with Crippen molar-refractivity contribution in [2.75, 3.05) is 0 Å². The Morgan fingerprint density at radius 2 is 2.11 bits per heavy atom. The van der Waals surface area contributed by atoms with Crippen LogP contribution in [-0.2, 0) is 9.53 Å². The molecule has 0 N–H and O–H groups in total. The van der Waals surface area contributed by atoms with Gasteiger partial charge in [-0.1, -0.05) is 12.7 Å². The molecule has 0 saturated heterocycles. The second-order valence-corrected chi connectivity index (χ2v) is 1.68. The van der Waals surface area contributed by atoms with E-state index in [1.165, 1.54) is 13.2 Å². The van der Waals surface area contributed by atoms with Crippen molar-refractivity contribution >= 4 is 5.97 Å². The molecule has 0 aromatic rings. The third kappa shape index (κ3) is 4.81. The van der Waals surface area contributed by atoms with Crippen LogP contribution in [0.2, 0.25) is 0 Å². The lowest BCUT2D eigenvalue weighted by molar-refractivity contribution is -0.135. The van der Waals surface area contributed by atoms with Gasteiger partial charge in [0.2, 0.25) is 0 Å². The van der Waals surface area contributed by atoms with Crippen LogP contribution < -0.4 is 0 Å². The van der Waals surface area contributed by atoms with E-state index in [2.05, 4.69) is 11.3 Å². The summed E-state index contributed by atoms with van der Waals surface area (Å²) >= 11 is 0. The van der Waals surface area contributed by atoms with Crippen LogP contribution in [0.25, 0.3) is 0 Å². The highest BCUT2D eigenvalue weighted by atomic mass is 16.5. The Labute approximate surface area is 54.8 Å². The summed E-state index contributed by atoms with van der Waals surface area (Å²) in [4.78, 5) is 10.2. The van der Waals surface area contributed by atoms with Gasteiger partial charge in [-0.2, -0.15) is 0 Å². The number of hydrogen-bond acceptors (Lipinski definition) is 2. The molecule has 0 fully saturated rings. The summed E-state index contributed by atoms with van der Waals surface area (Å²) in [5, 5.41) is 0. The first-order chi connectivity index (χ1) is 4.16. The molecule has 0 aliphatic heterocycles. The predicted octanol–water partition coefficient (Wildman–Crippen LogP) is 1.64. The van der Waals surface area contributed by atoms with E-state index in [1.54, 1.807) is 13.0 Å². The molecule has 0 rings (SSSR count). The van der Waals surface area contributed by atoms with E-state index in [9.17, 15) is 4.79 Å². The van der Waals surface area contributed by atoms with E-state index in [-0.39, 0.29) is 5.97 Å². The van der Waals surface area contributed by atoms with Crippen LogP contribution in [0.4, 0.5) is 0 Å². The number of rotatable bonds is 2. The molecule has 0 amide bonds. The molecule has 0 bridgehead atoms. The monoisotopic (exact) mass is 126 g/mol. The molecular formula is C7H10O2. The Kier molecular flexibility index (Phi) is 3.44. The molecule has 0 atom stereocenters. The van der Waals surface area contributed by atoms with Crippen LogP contribution >= 0.6 is 0 Å². The van der Waals surface area contributed by atoms with Crippen molar-refractivity contribution in [3.8, 4) is 0 Å². The standard InChI is InChI=1S/C7H10O2/c1-4-6(2)5-9-7(3)8/h4-5H,1H2,2-3H3/b6-5-. The highest BCUT2D eigenvalue weighted by molar-refractivity contribution is 5.66. The van der Waals surface area contributed by atoms with Crippen molar-refractivity contribution in [2.24, 2.45) is 0 Å². The molecule has 0 aromatic heterocycles. The number of ether oxygens (including phenoxy) is 1. The zero-order valence-electron chi connectivity index (χ0n) is 5.68. The fourth-order valence-electron chi connectivity index (χ4n) is 0.224. The van der Waals surface area contributed by atoms with Crippen LogP contribution in [0.5, 0.6) is 0 Å². The molecule has 0 radical (unpaired) electrons. The first-order valence-corrected chi connectivity index (χ1v) is 2.63. The second kappa shape index (κ2) is 3.89. The van der Waals surface area contributed by atoms with Gasteiger partial charge in [0.15, 0.2) is 0 Å². The Hall–Kier alpha value is -1.05. The Morgan fingerprint density at radius 1 is 1.56 bits per heavy atom. The maximum atomic E-state index is 10.2. The van der Waals surface area contributed by atoms with Gasteiger partial charge in [0.05, 0.1) is 6.26 Å². The van der Waals surface area contributed by atoms with Crippen molar-refractivity contribution in [1.82, 2.24) is 0 Å². The van der Waals surface area contributed by atoms with E-state index in [4.69, 9.17) is 0 Å². The number of carbonyl (C=O) groups excluding carboxylic acids is 1. The Bertz CT molecular complexity index is 145. The number of allylic oxidation sites excluding steroid dienone is 2. The van der Waals surface area contributed by atoms with Crippen molar-refractivity contribution in [3.05, 3.63) is 24.5 Å². The molecule has 9 heavy (non-hydrogen) atoms. The lowest BCUT2D eigenvalue weighted by Gasteiger charge is -1.91. The first kappa shape index (κ1) is 7.95. The fourth-order valence-corrected chi connectivity index (χ4v) is 0.224. The van der Waals surface area contributed by atoms with Crippen LogP contribution in [0.3, 0.4) is 0 Å². The zero-order chi connectivity index (χ0) is 7.28. The van der Waals surface area contributed by atoms with Crippen LogP contribution in [0, 0.1) is 0 Å². The molecule has 0 heterocycles. The smallest absolute Gasteiger partial charge is 0.307 e. The van der Waals surface area contributed by atoms with Gasteiger partial charge in [-0.15, -0.1) is 0 Å². The molecule has 0 aromatic carbocycles. The van der Waals surface area contributed by atoms with Crippen LogP contribution in [-0.4, -0.2) is 5.97 Å². The topological polar surface area (TPSA) is 26.3 Å². The minimum absolute atomic E-state index is 0.309. The molecular weight excluding hydrogens is 116 g/mol. The van der Waals surface area contributed by atoms with E-state index in [1.807, 2.05) is 0 Å². The van der Waals surface area contributed by atoms with E-state index >= 15 is 0 Å². The van der Waals surface area contributed by atoms with Crippen LogP contribution in [0.1, 0.15) is 13.8 Å². The summed E-state index contributed by atoms with van der Waals surface area (Å²) < 4.78 is 4.52. The average molecular weight is 126 g/mol. The average Bonchev–Trinajstić information content (AvgIpc) is 1.83. The normalized spacial score (nSPS) is 10.7. The third-order valence-electron chi connectivity index (χ3n) is 0.733. The molecule has 0 unspecified atom stereocenters. The largest absolute Gasteiger partial charge is 0.434 e. The quantitative estimate of drug-likeness (QED) is 0.319. The van der Waals surface area contributed by atoms with E-state index in [0.717, 1.165) is 5.57 Å². The highest BCUT2D eigenvalue weighted by Crippen LogP contribution is 1.92. The highest BCUT2D eigenvalue weighted by Gasteiger charge is 1.85. The minimum atomic E-state index is -0.309.